The number of likely N-dealkylation sites (tertiary alicyclic amines) is 1. The van der Waals surface area contributed by atoms with Crippen molar-refractivity contribution in [1.82, 2.24) is 25.2 Å². The van der Waals surface area contributed by atoms with E-state index in [2.05, 4.69) is 29.5 Å². The van der Waals surface area contributed by atoms with Crippen LogP contribution < -0.4 is 5.32 Å². The fourth-order valence-electron chi connectivity index (χ4n) is 4.08. The maximum absolute atomic E-state index is 12.9. The lowest BCUT2D eigenvalue weighted by Crippen LogP contribution is -2.33. The minimum Gasteiger partial charge on any atom is -0.337 e. The van der Waals surface area contributed by atoms with Gasteiger partial charge in [-0.15, -0.1) is 5.10 Å². The van der Waals surface area contributed by atoms with E-state index in [0.29, 0.717) is 17.7 Å². The van der Waals surface area contributed by atoms with Crippen molar-refractivity contribution in [2.75, 3.05) is 26.2 Å². The predicted molar refractivity (Wildman–Crippen MR) is 94.0 cm³/mol. The van der Waals surface area contributed by atoms with Crippen LogP contribution in [0.5, 0.6) is 0 Å². The molecule has 134 valence electrons. The molecule has 2 aliphatic rings. The Balaban J connectivity index is 1.70. The first kappa shape index (κ1) is 17.4. The zero-order valence-electron chi connectivity index (χ0n) is 15.3. The Hall–Kier alpha value is -1.43. The van der Waals surface area contributed by atoms with Crippen molar-refractivity contribution in [3.05, 3.63) is 11.4 Å². The molecule has 1 amide bonds. The number of nitrogens with zero attached hydrogens (tertiary/aromatic N) is 4. The summed E-state index contributed by atoms with van der Waals surface area (Å²) in [6.07, 6.45) is 5.53. The quantitative estimate of drug-likeness (QED) is 0.923. The summed E-state index contributed by atoms with van der Waals surface area (Å²) in [6.45, 7) is 10.3. The largest absolute Gasteiger partial charge is 0.337 e. The second-order valence-electron chi connectivity index (χ2n) is 7.68. The van der Waals surface area contributed by atoms with Crippen molar-refractivity contribution in [2.24, 2.45) is 11.8 Å². The van der Waals surface area contributed by atoms with Crippen molar-refractivity contribution in [2.45, 2.75) is 58.9 Å². The number of aromatic nitrogens is 3. The van der Waals surface area contributed by atoms with Gasteiger partial charge in [-0.25, -0.2) is 4.68 Å². The van der Waals surface area contributed by atoms with Gasteiger partial charge in [0.05, 0.1) is 11.7 Å². The molecule has 3 rings (SSSR count). The Morgan fingerprint density at radius 1 is 1.17 bits per heavy atom. The summed E-state index contributed by atoms with van der Waals surface area (Å²) in [5.74, 6) is 1.49. The molecule has 0 bridgehead atoms. The highest BCUT2D eigenvalue weighted by Crippen LogP contribution is 2.26. The fourth-order valence-corrected chi connectivity index (χ4v) is 4.08. The first-order valence-corrected chi connectivity index (χ1v) is 9.49. The lowest BCUT2D eigenvalue weighted by molar-refractivity contribution is 0.0752. The van der Waals surface area contributed by atoms with Crippen LogP contribution in [0.2, 0.25) is 0 Å². The molecule has 1 atom stereocenters. The summed E-state index contributed by atoms with van der Waals surface area (Å²) in [6, 6.07) is 0.370. The SMILES string of the molecule is Cc1c(C(=O)N2CCCC(C(C)C)CC2)nnn1C1CCNCC1. The van der Waals surface area contributed by atoms with Crippen LogP contribution in [0.15, 0.2) is 0 Å². The van der Waals surface area contributed by atoms with Crippen LogP contribution in [0.4, 0.5) is 0 Å². The lowest BCUT2D eigenvalue weighted by Gasteiger charge is -2.24. The number of hydrogen-bond donors (Lipinski definition) is 1. The Morgan fingerprint density at radius 2 is 1.92 bits per heavy atom. The summed E-state index contributed by atoms with van der Waals surface area (Å²) < 4.78 is 1.98. The van der Waals surface area contributed by atoms with E-state index in [1.165, 1.54) is 6.42 Å². The minimum atomic E-state index is 0.0668. The first-order chi connectivity index (χ1) is 11.6. The molecule has 0 spiro atoms. The summed E-state index contributed by atoms with van der Waals surface area (Å²) in [5, 5.41) is 11.9. The molecule has 2 saturated heterocycles. The van der Waals surface area contributed by atoms with E-state index < -0.39 is 0 Å². The highest BCUT2D eigenvalue weighted by Gasteiger charge is 2.28. The first-order valence-electron chi connectivity index (χ1n) is 9.49. The number of nitrogens with one attached hydrogen (secondary N) is 1. The molecule has 1 N–H and O–H groups in total. The van der Waals surface area contributed by atoms with Crippen LogP contribution >= 0.6 is 0 Å². The molecular formula is C18H31N5O. The van der Waals surface area contributed by atoms with Crippen LogP contribution in [-0.2, 0) is 0 Å². The molecule has 3 heterocycles. The number of carbonyl (C=O) groups excluding carboxylic acids is 1. The molecule has 1 unspecified atom stereocenters. The summed E-state index contributed by atoms with van der Waals surface area (Å²) in [5.41, 5.74) is 1.48. The summed E-state index contributed by atoms with van der Waals surface area (Å²) >= 11 is 0. The third kappa shape index (κ3) is 3.63. The van der Waals surface area contributed by atoms with Crippen molar-refractivity contribution >= 4 is 5.91 Å². The van der Waals surface area contributed by atoms with Gasteiger partial charge < -0.3 is 10.2 Å². The highest BCUT2D eigenvalue weighted by atomic mass is 16.2. The minimum absolute atomic E-state index is 0.0668. The fraction of sp³-hybridized carbons (Fsp3) is 0.833. The second-order valence-corrected chi connectivity index (χ2v) is 7.68. The predicted octanol–water partition coefficient (Wildman–Crippen LogP) is 2.41. The second kappa shape index (κ2) is 7.64. The molecule has 0 radical (unpaired) electrons. The third-order valence-electron chi connectivity index (χ3n) is 5.79. The zero-order valence-corrected chi connectivity index (χ0v) is 15.3. The number of carbonyl (C=O) groups is 1. The molecule has 0 aliphatic carbocycles. The highest BCUT2D eigenvalue weighted by molar-refractivity contribution is 5.93. The van der Waals surface area contributed by atoms with Crippen molar-refractivity contribution < 1.29 is 4.79 Å². The molecule has 24 heavy (non-hydrogen) atoms. The van der Waals surface area contributed by atoms with E-state index in [9.17, 15) is 4.79 Å². The van der Waals surface area contributed by atoms with Gasteiger partial charge in [-0.2, -0.15) is 0 Å². The smallest absolute Gasteiger partial charge is 0.276 e. The lowest BCUT2D eigenvalue weighted by atomic mass is 9.89. The van der Waals surface area contributed by atoms with Gasteiger partial charge in [0, 0.05) is 13.1 Å². The number of amides is 1. The maximum Gasteiger partial charge on any atom is 0.276 e. The van der Waals surface area contributed by atoms with Gasteiger partial charge in [-0.05, 0) is 64.0 Å². The van der Waals surface area contributed by atoms with Gasteiger partial charge in [-0.1, -0.05) is 19.1 Å². The number of hydrogen-bond acceptors (Lipinski definition) is 4. The van der Waals surface area contributed by atoms with Gasteiger partial charge in [0.1, 0.15) is 0 Å². The van der Waals surface area contributed by atoms with Crippen molar-refractivity contribution in [3.8, 4) is 0 Å². The van der Waals surface area contributed by atoms with Gasteiger partial charge in [0.2, 0.25) is 0 Å². The molecule has 1 aromatic rings. The Morgan fingerprint density at radius 3 is 2.62 bits per heavy atom. The van der Waals surface area contributed by atoms with Gasteiger partial charge in [-0.3, -0.25) is 4.79 Å². The van der Waals surface area contributed by atoms with E-state index >= 15 is 0 Å². The molecular weight excluding hydrogens is 302 g/mol. The van der Waals surface area contributed by atoms with Crippen LogP contribution in [0, 0.1) is 18.8 Å². The average Bonchev–Trinajstić information content (AvgIpc) is 2.81. The van der Waals surface area contributed by atoms with Crippen molar-refractivity contribution in [3.63, 3.8) is 0 Å². The summed E-state index contributed by atoms with van der Waals surface area (Å²) in [4.78, 5) is 14.9. The van der Waals surface area contributed by atoms with Gasteiger partial charge >= 0.3 is 0 Å². The third-order valence-corrected chi connectivity index (χ3v) is 5.79. The molecule has 1 aromatic heterocycles. The van der Waals surface area contributed by atoms with Crippen LogP contribution in [-0.4, -0.2) is 52.0 Å². The van der Waals surface area contributed by atoms with E-state index in [-0.39, 0.29) is 5.91 Å². The standard InChI is InChI=1S/C18H31N5O/c1-13(2)15-5-4-11-22(12-8-15)18(24)17-14(3)23(21-20-17)16-6-9-19-10-7-16/h13,15-16,19H,4-12H2,1-3H3. The topological polar surface area (TPSA) is 63.1 Å². The molecule has 6 nitrogen and oxygen atoms in total. The molecule has 2 aliphatic heterocycles. The molecule has 0 aromatic carbocycles. The Labute approximate surface area is 145 Å². The average molecular weight is 333 g/mol. The summed E-state index contributed by atoms with van der Waals surface area (Å²) in [7, 11) is 0. The van der Waals surface area contributed by atoms with E-state index in [1.54, 1.807) is 0 Å². The molecule has 6 heteroatoms. The van der Waals surface area contributed by atoms with Gasteiger partial charge in [0.25, 0.3) is 5.91 Å². The van der Waals surface area contributed by atoms with Crippen LogP contribution in [0.3, 0.4) is 0 Å². The Bertz CT molecular complexity index is 562. The van der Waals surface area contributed by atoms with E-state index in [1.807, 2.05) is 16.5 Å². The maximum atomic E-state index is 12.9. The van der Waals surface area contributed by atoms with Crippen LogP contribution in [0.25, 0.3) is 0 Å². The molecule has 2 fully saturated rings. The van der Waals surface area contributed by atoms with Gasteiger partial charge in [0.15, 0.2) is 5.69 Å². The number of rotatable bonds is 3. The monoisotopic (exact) mass is 333 g/mol. The number of piperidine rings is 1. The normalized spacial score (nSPS) is 23.5. The van der Waals surface area contributed by atoms with E-state index in [0.717, 1.165) is 63.5 Å². The Kier molecular flexibility index (Phi) is 5.54. The van der Waals surface area contributed by atoms with Crippen LogP contribution in [0.1, 0.15) is 68.2 Å². The van der Waals surface area contributed by atoms with E-state index in [4.69, 9.17) is 0 Å². The zero-order chi connectivity index (χ0) is 17.1. The van der Waals surface area contributed by atoms with Crippen molar-refractivity contribution in [1.29, 1.82) is 0 Å². The molecule has 0 saturated carbocycles.